The monoisotopic (exact) mass is 420 g/mol. The highest BCUT2D eigenvalue weighted by Crippen LogP contribution is 2.40. The lowest BCUT2D eigenvalue weighted by Gasteiger charge is -2.13. The van der Waals surface area contributed by atoms with Crippen LogP contribution < -0.4 is 15.2 Å². The molecule has 0 aliphatic heterocycles. The average molecular weight is 421 g/mol. The molecule has 0 amide bonds. The molecular weight excluding hydrogens is 395 g/mol. The maximum absolute atomic E-state index is 6.55. The Morgan fingerprint density at radius 2 is 1.64 bits per heavy atom. The van der Waals surface area contributed by atoms with Crippen LogP contribution in [0.1, 0.15) is 32.3 Å². The van der Waals surface area contributed by atoms with Gasteiger partial charge in [-0.25, -0.2) is 0 Å². The summed E-state index contributed by atoms with van der Waals surface area (Å²) < 4.78 is 11.5. The molecule has 28 heavy (non-hydrogen) atoms. The molecule has 1 heterocycles. The molecule has 0 bridgehead atoms. The first kappa shape index (κ1) is 20.8. The SMILES string of the molecule is CCOc1ccc(-c2[nH]c3c(Cl)ccc(Cl)c3c2CCCCN)cc1OCC. The molecule has 3 rings (SSSR count). The van der Waals surface area contributed by atoms with Gasteiger partial charge in [0.1, 0.15) is 0 Å². The first-order valence-corrected chi connectivity index (χ1v) is 10.4. The van der Waals surface area contributed by atoms with Gasteiger partial charge in [0.2, 0.25) is 0 Å². The van der Waals surface area contributed by atoms with Crippen LogP contribution in [0.4, 0.5) is 0 Å². The van der Waals surface area contributed by atoms with E-state index in [9.17, 15) is 0 Å². The van der Waals surface area contributed by atoms with Gasteiger partial charge in [0, 0.05) is 16.6 Å². The van der Waals surface area contributed by atoms with Gasteiger partial charge in [-0.2, -0.15) is 0 Å². The van der Waals surface area contributed by atoms with E-state index in [2.05, 4.69) is 4.98 Å². The normalized spacial score (nSPS) is 11.2. The number of rotatable bonds is 9. The molecule has 0 saturated carbocycles. The number of aromatic nitrogens is 1. The molecule has 0 unspecified atom stereocenters. The number of fused-ring (bicyclic) bond motifs is 1. The lowest BCUT2D eigenvalue weighted by Crippen LogP contribution is -2.00. The molecular formula is C22H26Cl2N2O2. The fourth-order valence-corrected chi connectivity index (χ4v) is 3.92. The molecule has 0 saturated heterocycles. The molecule has 0 aliphatic rings. The number of unbranched alkanes of at least 4 members (excludes halogenated alkanes) is 1. The second-order valence-corrected chi connectivity index (χ2v) is 7.35. The fraction of sp³-hybridized carbons (Fsp3) is 0.364. The van der Waals surface area contributed by atoms with E-state index in [1.807, 2.05) is 44.2 Å². The zero-order chi connectivity index (χ0) is 20.1. The molecule has 0 spiro atoms. The van der Waals surface area contributed by atoms with Gasteiger partial charge in [-0.05, 0) is 75.5 Å². The van der Waals surface area contributed by atoms with Gasteiger partial charge in [-0.3, -0.25) is 0 Å². The van der Waals surface area contributed by atoms with Crippen molar-refractivity contribution in [3.63, 3.8) is 0 Å². The van der Waals surface area contributed by atoms with E-state index in [-0.39, 0.29) is 0 Å². The third kappa shape index (κ3) is 4.24. The van der Waals surface area contributed by atoms with Crippen LogP contribution in [0.2, 0.25) is 10.0 Å². The molecule has 0 radical (unpaired) electrons. The Labute approximate surface area is 175 Å². The Kier molecular flexibility index (Phi) is 7.11. The average Bonchev–Trinajstić information content (AvgIpc) is 3.08. The fourth-order valence-electron chi connectivity index (χ4n) is 3.44. The highest BCUT2D eigenvalue weighted by Gasteiger charge is 2.19. The molecule has 0 aliphatic carbocycles. The van der Waals surface area contributed by atoms with Crippen LogP contribution >= 0.6 is 23.2 Å². The van der Waals surface area contributed by atoms with E-state index in [0.29, 0.717) is 29.8 Å². The second kappa shape index (κ2) is 9.55. The van der Waals surface area contributed by atoms with Crippen molar-refractivity contribution in [3.8, 4) is 22.8 Å². The zero-order valence-electron chi connectivity index (χ0n) is 16.3. The Hall–Kier alpha value is -1.88. The minimum absolute atomic E-state index is 0.567. The highest BCUT2D eigenvalue weighted by atomic mass is 35.5. The molecule has 0 atom stereocenters. The maximum Gasteiger partial charge on any atom is 0.161 e. The summed E-state index contributed by atoms with van der Waals surface area (Å²) >= 11 is 13.0. The van der Waals surface area contributed by atoms with Crippen molar-refractivity contribution in [2.75, 3.05) is 19.8 Å². The number of ether oxygens (including phenoxy) is 2. The number of H-pyrrole nitrogens is 1. The standard InChI is InChI=1S/C22H26Cl2N2O2/c1-3-27-18-11-8-14(13-19(18)28-4-2)21-15(7-5-6-12-25)20-16(23)9-10-17(24)22(20)26-21/h8-11,13,26H,3-7,12,25H2,1-2H3. The largest absolute Gasteiger partial charge is 0.490 e. The Bertz CT molecular complexity index is 953. The molecule has 6 heteroatoms. The quantitative estimate of drug-likeness (QED) is 0.403. The first-order chi connectivity index (χ1) is 13.6. The van der Waals surface area contributed by atoms with Crippen LogP contribution in [-0.2, 0) is 6.42 Å². The zero-order valence-corrected chi connectivity index (χ0v) is 17.8. The number of aromatic amines is 1. The van der Waals surface area contributed by atoms with Crippen molar-refractivity contribution in [2.45, 2.75) is 33.1 Å². The summed E-state index contributed by atoms with van der Waals surface area (Å²) in [5, 5.41) is 2.33. The minimum Gasteiger partial charge on any atom is -0.490 e. The maximum atomic E-state index is 6.55. The summed E-state index contributed by atoms with van der Waals surface area (Å²) in [6.07, 6.45) is 2.80. The highest BCUT2D eigenvalue weighted by molar-refractivity contribution is 6.40. The topological polar surface area (TPSA) is 60.3 Å². The van der Waals surface area contributed by atoms with Gasteiger partial charge < -0.3 is 20.2 Å². The van der Waals surface area contributed by atoms with Gasteiger partial charge >= 0.3 is 0 Å². The van der Waals surface area contributed by atoms with Crippen molar-refractivity contribution in [1.82, 2.24) is 4.98 Å². The van der Waals surface area contributed by atoms with E-state index in [0.717, 1.165) is 58.5 Å². The van der Waals surface area contributed by atoms with Gasteiger partial charge in [0.05, 0.1) is 28.8 Å². The Morgan fingerprint density at radius 3 is 2.36 bits per heavy atom. The van der Waals surface area contributed by atoms with Crippen LogP contribution in [0.15, 0.2) is 30.3 Å². The van der Waals surface area contributed by atoms with E-state index >= 15 is 0 Å². The summed E-state index contributed by atoms with van der Waals surface area (Å²) in [7, 11) is 0. The Balaban J connectivity index is 2.16. The summed E-state index contributed by atoms with van der Waals surface area (Å²) in [4.78, 5) is 3.49. The summed E-state index contributed by atoms with van der Waals surface area (Å²) in [5.41, 5.74) is 9.73. The van der Waals surface area contributed by atoms with E-state index in [4.69, 9.17) is 38.4 Å². The molecule has 2 aromatic carbocycles. The second-order valence-electron chi connectivity index (χ2n) is 6.53. The number of benzene rings is 2. The lowest BCUT2D eigenvalue weighted by molar-refractivity contribution is 0.288. The minimum atomic E-state index is 0.567. The lowest BCUT2D eigenvalue weighted by atomic mass is 10.00. The van der Waals surface area contributed by atoms with Gasteiger partial charge in [0.15, 0.2) is 11.5 Å². The van der Waals surface area contributed by atoms with E-state index in [1.54, 1.807) is 0 Å². The molecule has 0 fully saturated rings. The van der Waals surface area contributed by atoms with Crippen molar-refractivity contribution >= 4 is 34.1 Å². The number of nitrogens with two attached hydrogens (primary N) is 1. The number of nitrogens with one attached hydrogen (secondary N) is 1. The summed E-state index contributed by atoms with van der Waals surface area (Å²) in [6.45, 7) is 5.74. The number of aryl methyl sites for hydroxylation is 1. The van der Waals surface area contributed by atoms with Crippen molar-refractivity contribution in [2.24, 2.45) is 5.73 Å². The smallest absolute Gasteiger partial charge is 0.161 e. The number of hydrogen-bond acceptors (Lipinski definition) is 3. The third-order valence-electron chi connectivity index (χ3n) is 4.67. The number of hydrogen-bond donors (Lipinski definition) is 2. The summed E-state index contributed by atoms with van der Waals surface area (Å²) in [6, 6.07) is 9.65. The predicted octanol–water partition coefficient (Wildman–Crippen LogP) is 6.22. The predicted molar refractivity (Wildman–Crippen MR) is 118 cm³/mol. The van der Waals surface area contributed by atoms with Gasteiger partial charge in [-0.1, -0.05) is 23.2 Å². The molecule has 3 N–H and O–H groups in total. The Morgan fingerprint density at radius 1 is 0.929 bits per heavy atom. The van der Waals surface area contributed by atoms with Crippen molar-refractivity contribution in [3.05, 3.63) is 45.9 Å². The van der Waals surface area contributed by atoms with Crippen LogP contribution in [0.25, 0.3) is 22.2 Å². The molecule has 4 nitrogen and oxygen atoms in total. The number of halogens is 2. The summed E-state index contributed by atoms with van der Waals surface area (Å²) in [5.74, 6) is 1.47. The van der Waals surface area contributed by atoms with Crippen LogP contribution in [0, 0.1) is 0 Å². The van der Waals surface area contributed by atoms with Crippen LogP contribution in [-0.4, -0.2) is 24.7 Å². The van der Waals surface area contributed by atoms with Crippen molar-refractivity contribution < 1.29 is 9.47 Å². The first-order valence-electron chi connectivity index (χ1n) is 9.69. The molecule has 3 aromatic rings. The third-order valence-corrected chi connectivity index (χ3v) is 5.30. The van der Waals surface area contributed by atoms with Gasteiger partial charge in [-0.15, -0.1) is 0 Å². The van der Waals surface area contributed by atoms with Gasteiger partial charge in [0.25, 0.3) is 0 Å². The van der Waals surface area contributed by atoms with Crippen molar-refractivity contribution in [1.29, 1.82) is 0 Å². The molecule has 1 aromatic heterocycles. The molecule has 150 valence electrons. The van der Waals surface area contributed by atoms with Crippen LogP contribution in [0.5, 0.6) is 11.5 Å². The van der Waals surface area contributed by atoms with E-state index < -0.39 is 0 Å². The van der Waals surface area contributed by atoms with Crippen LogP contribution in [0.3, 0.4) is 0 Å². The van der Waals surface area contributed by atoms with E-state index in [1.165, 1.54) is 0 Å².